The second-order valence-corrected chi connectivity index (χ2v) is 8.09. The zero-order valence-electron chi connectivity index (χ0n) is 15.2. The number of anilines is 1. The number of rotatable bonds is 5. The number of fused-ring (bicyclic) bond motifs is 1. The molecule has 5 nitrogen and oxygen atoms in total. The largest absolute Gasteiger partial charge is 0.325 e. The molecule has 0 aliphatic rings. The van der Waals surface area contributed by atoms with E-state index < -0.39 is 0 Å². The van der Waals surface area contributed by atoms with Gasteiger partial charge < -0.3 is 5.32 Å². The smallest absolute Gasteiger partial charge is 0.266 e. The molecular weight excluding hydrogens is 450 g/mol. The lowest BCUT2D eigenvalue weighted by Crippen LogP contribution is -2.22. The number of hydrogen-bond acceptors (Lipinski definition) is 4. The van der Waals surface area contributed by atoms with Gasteiger partial charge >= 0.3 is 0 Å². The van der Waals surface area contributed by atoms with Crippen LogP contribution in [0.1, 0.15) is 0 Å². The third-order valence-corrected chi connectivity index (χ3v) is 5.63. The van der Waals surface area contributed by atoms with Crippen molar-refractivity contribution in [3.8, 4) is 5.69 Å². The first-order valence-corrected chi connectivity index (χ1v) is 10.6. The summed E-state index contributed by atoms with van der Waals surface area (Å²) < 4.78 is 2.44. The Morgan fingerprint density at radius 1 is 1.00 bits per heavy atom. The van der Waals surface area contributed by atoms with Crippen LogP contribution in [0.4, 0.5) is 5.69 Å². The van der Waals surface area contributed by atoms with Crippen molar-refractivity contribution < 1.29 is 4.79 Å². The molecule has 0 saturated carbocycles. The second-order valence-electron chi connectivity index (χ2n) is 6.23. The first-order valence-electron chi connectivity index (χ1n) is 8.87. The van der Waals surface area contributed by atoms with Gasteiger partial charge in [-0.2, -0.15) is 0 Å². The van der Waals surface area contributed by atoms with Gasteiger partial charge in [-0.05, 0) is 42.5 Å². The highest BCUT2D eigenvalue weighted by molar-refractivity contribution is 9.10. The maximum atomic E-state index is 13.1. The quantitative estimate of drug-likeness (QED) is 0.337. The van der Waals surface area contributed by atoms with E-state index in [2.05, 4.69) is 26.2 Å². The van der Waals surface area contributed by atoms with Gasteiger partial charge in [-0.3, -0.25) is 14.2 Å². The van der Waals surface area contributed by atoms with E-state index in [9.17, 15) is 9.59 Å². The Morgan fingerprint density at radius 2 is 1.76 bits per heavy atom. The maximum absolute atomic E-state index is 13.1. The fourth-order valence-corrected chi connectivity index (χ4v) is 4.12. The lowest BCUT2D eigenvalue weighted by atomic mass is 10.2. The fraction of sp³-hybridized carbons (Fsp3) is 0.0455. The predicted molar refractivity (Wildman–Crippen MR) is 121 cm³/mol. The van der Waals surface area contributed by atoms with Gasteiger partial charge in [-0.25, -0.2) is 4.98 Å². The van der Waals surface area contributed by atoms with Crippen molar-refractivity contribution >= 4 is 50.2 Å². The monoisotopic (exact) mass is 465 g/mol. The lowest BCUT2D eigenvalue weighted by Gasteiger charge is -2.13. The zero-order chi connectivity index (χ0) is 20.2. The molecular formula is C22H16BrN3O2S. The van der Waals surface area contributed by atoms with Crippen LogP contribution in [0.3, 0.4) is 0 Å². The summed E-state index contributed by atoms with van der Waals surface area (Å²) in [4.78, 5) is 30.2. The van der Waals surface area contributed by atoms with Crippen LogP contribution in [-0.4, -0.2) is 21.2 Å². The lowest BCUT2D eigenvalue weighted by molar-refractivity contribution is -0.113. The molecule has 1 N–H and O–H groups in total. The van der Waals surface area contributed by atoms with Gasteiger partial charge in [-0.1, -0.05) is 64.1 Å². The third kappa shape index (κ3) is 4.41. The topological polar surface area (TPSA) is 64.0 Å². The molecule has 4 aromatic rings. The van der Waals surface area contributed by atoms with E-state index in [-0.39, 0.29) is 17.2 Å². The number of halogens is 1. The highest BCUT2D eigenvalue weighted by Crippen LogP contribution is 2.22. The van der Waals surface area contributed by atoms with E-state index >= 15 is 0 Å². The van der Waals surface area contributed by atoms with E-state index in [0.717, 1.165) is 4.47 Å². The molecule has 1 aromatic heterocycles. The molecule has 0 spiro atoms. The van der Waals surface area contributed by atoms with Gasteiger partial charge in [0.25, 0.3) is 5.56 Å². The number of benzene rings is 3. The van der Waals surface area contributed by atoms with Crippen LogP contribution < -0.4 is 10.9 Å². The van der Waals surface area contributed by atoms with Gasteiger partial charge in [0.2, 0.25) is 5.91 Å². The van der Waals surface area contributed by atoms with Gasteiger partial charge in [-0.15, -0.1) is 0 Å². The van der Waals surface area contributed by atoms with Crippen LogP contribution in [0.5, 0.6) is 0 Å². The highest BCUT2D eigenvalue weighted by atomic mass is 79.9. The van der Waals surface area contributed by atoms with E-state index in [0.29, 0.717) is 27.4 Å². The number of amides is 1. The van der Waals surface area contributed by atoms with Crippen molar-refractivity contribution in [3.05, 3.63) is 93.7 Å². The molecule has 7 heteroatoms. The molecule has 3 aromatic carbocycles. The first-order chi connectivity index (χ1) is 14.1. The molecule has 0 fully saturated rings. The Kier molecular flexibility index (Phi) is 5.78. The number of thioether (sulfide) groups is 1. The molecule has 0 unspecified atom stereocenters. The minimum atomic E-state index is -0.171. The minimum absolute atomic E-state index is 0.129. The Hall–Kier alpha value is -2.90. The molecule has 1 heterocycles. The van der Waals surface area contributed by atoms with Crippen molar-refractivity contribution in [1.29, 1.82) is 0 Å². The first kappa shape index (κ1) is 19.4. The molecule has 0 bridgehead atoms. The number of para-hydroxylation sites is 2. The minimum Gasteiger partial charge on any atom is -0.325 e. The number of carbonyl (C=O) groups is 1. The van der Waals surface area contributed by atoms with Gasteiger partial charge in [0.1, 0.15) is 0 Å². The summed E-state index contributed by atoms with van der Waals surface area (Å²) in [6.07, 6.45) is 0. The molecule has 4 rings (SSSR count). The van der Waals surface area contributed by atoms with Crippen LogP contribution in [0.2, 0.25) is 0 Å². The fourth-order valence-electron chi connectivity index (χ4n) is 2.91. The summed E-state index contributed by atoms with van der Waals surface area (Å²) >= 11 is 4.62. The summed E-state index contributed by atoms with van der Waals surface area (Å²) in [5.41, 5.74) is 1.87. The van der Waals surface area contributed by atoms with Crippen molar-refractivity contribution in [2.24, 2.45) is 0 Å². The van der Waals surface area contributed by atoms with Crippen molar-refractivity contribution in [3.63, 3.8) is 0 Å². The number of carbonyl (C=O) groups excluding carboxylic acids is 1. The SMILES string of the molecule is O=C(CSc1nc2ccccc2c(=O)n1-c1ccccc1)Nc1cccc(Br)c1. The Balaban J connectivity index is 1.66. The average molecular weight is 466 g/mol. The summed E-state index contributed by atoms with van der Waals surface area (Å²) in [7, 11) is 0. The molecule has 144 valence electrons. The predicted octanol–water partition coefficient (Wildman–Crippen LogP) is 4.88. The van der Waals surface area contributed by atoms with Gasteiger partial charge in [0, 0.05) is 10.2 Å². The molecule has 0 aliphatic heterocycles. The van der Waals surface area contributed by atoms with Crippen LogP contribution in [0.25, 0.3) is 16.6 Å². The molecule has 29 heavy (non-hydrogen) atoms. The highest BCUT2D eigenvalue weighted by Gasteiger charge is 2.14. The maximum Gasteiger partial charge on any atom is 0.266 e. The summed E-state index contributed by atoms with van der Waals surface area (Å²) in [6.45, 7) is 0. The van der Waals surface area contributed by atoms with Gasteiger partial charge in [0.05, 0.1) is 22.3 Å². The standard InChI is InChI=1S/C22H16BrN3O2S/c23-15-7-6-8-16(13-15)24-20(27)14-29-22-25-19-12-5-4-11-18(19)21(28)26(22)17-9-2-1-3-10-17/h1-13H,14H2,(H,24,27). The molecule has 0 radical (unpaired) electrons. The van der Waals surface area contributed by atoms with E-state index in [1.807, 2.05) is 66.7 Å². The van der Waals surface area contributed by atoms with E-state index in [1.165, 1.54) is 11.8 Å². The Bertz CT molecular complexity index is 1240. The Morgan fingerprint density at radius 3 is 2.55 bits per heavy atom. The van der Waals surface area contributed by atoms with E-state index in [4.69, 9.17) is 0 Å². The molecule has 0 aliphatic carbocycles. The second kappa shape index (κ2) is 8.63. The summed E-state index contributed by atoms with van der Waals surface area (Å²) in [6, 6.07) is 23.9. The van der Waals surface area contributed by atoms with Crippen molar-refractivity contribution in [2.75, 3.05) is 11.1 Å². The van der Waals surface area contributed by atoms with Crippen LogP contribution in [-0.2, 0) is 4.79 Å². The number of hydrogen-bond donors (Lipinski definition) is 1. The normalized spacial score (nSPS) is 10.8. The summed E-state index contributed by atoms with van der Waals surface area (Å²) in [5, 5.41) is 3.88. The van der Waals surface area contributed by atoms with E-state index in [1.54, 1.807) is 16.7 Å². The molecule has 0 saturated heterocycles. The average Bonchev–Trinajstić information content (AvgIpc) is 2.73. The summed E-state index contributed by atoms with van der Waals surface area (Å²) in [5.74, 6) is -0.0421. The number of nitrogens with zero attached hydrogens (tertiary/aromatic N) is 2. The molecule has 0 atom stereocenters. The van der Waals surface area contributed by atoms with Crippen molar-refractivity contribution in [1.82, 2.24) is 9.55 Å². The number of aromatic nitrogens is 2. The van der Waals surface area contributed by atoms with Crippen LogP contribution in [0.15, 0.2) is 93.3 Å². The Labute approximate surface area is 179 Å². The van der Waals surface area contributed by atoms with Crippen molar-refractivity contribution in [2.45, 2.75) is 5.16 Å². The van der Waals surface area contributed by atoms with Crippen LogP contribution >= 0.6 is 27.7 Å². The molecule has 1 amide bonds. The van der Waals surface area contributed by atoms with Crippen LogP contribution in [0, 0.1) is 0 Å². The van der Waals surface area contributed by atoms with Gasteiger partial charge in [0.15, 0.2) is 5.16 Å². The third-order valence-electron chi connectivity index (χ3n) is 4.20. The number of nitrogens with one attached hydrogen (secondary N) is 1. The zero-order valence-corrected chi connectivity index (χ0v) is 17.6.